The van der Waals surface area contributed by atoms with E-state index in [1.807, 2.05) is 0 Å². The Labute approximate surface area is 193 Å². The van der Waals surface area contributed by atoms with E-state index in [1.165, 1.54) is 0 Å². The van der Waals surface area contributed by atoms with Gasteiger partial charge in [0.1, 0.15) is 0 Å². The van der Waals surface area contributed by atoms with Gasteiger partial charge in [0, 0.05) is 5.69 Å². The number of hydrogen-bond acceptors (Lipinski definition) is 4. The van der Waals surface area contributed by atoms with Crippen LogP contribution < -0.4 is 56.7 Å². The van der Waals surface area contributed by atoms with Crippen LogP contribution in [0.15, 0.2) is 42.5 Å². The molecule has 122 valence electrons. The Bertz CT molecular complexity index is 726. The quantitative estimate of drug-likeness (QED) is 0.566. The molecule has 2 aromatic rings. The topological polar surface area (TPSA) is 75.6 Å². The van der Waals surface area contributed by atoms with Crippen LogP contribution in [0.3, 0.4) is 0 Å². The van der Waals surface area contributed by atoms with Crippen LogP contribution in [0.4, 0.5) is 11.4 Å². The number of carbonyl (C=O) groups excluding carboxylic acids is 1. The van der Waals surface area contributed by atoms with Gasteiger partial charge in [0.15, 0.2) is 6.61 Å². The fourth-order valence-corrected chi connectivity index (χ4v) is 2.39. The molecule has 0 aliphatic rings. The van der Waals surface area contributed by atoms with Crippen LogP contribution in [0.5, 0.6) is 0 Å². The first kappa shape index (κ1) is 21.4. The van der Waals surface area contributed by atoms with E-state index in [2.05, 4.69) is 10.1 Å². The summed E-state index contributed by atoms with van der Waals surface area (Å²) in [7, 11) is 0. The number of esters is 1. The van der Waals surface area contributed by atoms with E-state index in [0.29, 0.717) is 27.0 Å². The van der Waals surface area contributed by atoms with E-state index in [1.54, 1.807) is 42.5 Å². The largest absolute Gasteiger partial charge is 1.00 e. The number of aliphatic carboxylic acids is 1. The maximum atomic E-state index is 11.7. The van der Waals surface area contributed by atoms with E-state index >= 15 is 0 Å². The molecule has 2 aromatic carbocycles. The minimum atomic E-state index is -1.20. The second-order valence-corrected chi connectivity index (χ2v) is 5.42. The van der Waals surface area contributed by atoms with E-state index in [4.69, 9.17) is 28.3 Å². The van der Waals surface area contributed by atoms with Crippen LogP contribution in [-0.4, -0.2) is 23.7 Å². The van der Waals surface area contributed by atoms with Crippen LogP contribution in [-0.2, 0) is 20.7 Å². The first-order valence-corrected chi connectivity index (χ1v) is 7.39. The standard InChI is InChI=1S/C16H13Cl2NO4.K.H/c17-11-5-3-6-12(18)16(11)19-13-7-2-1-4-10(13)8-15(22)23-9-14(20)21;;/h1-7,19H,8-9H2,(H,20,21);;/q;+1;-1. The predicted octanol–water partition coefficient (Wildman–Crippen LogP) is 1.02. The normalized spacial score (nSPS) is 9.75. The number of anilines is 2. The number of halogens is 2. The number of benzene rings is 2. The minimum Gasteiger partial charge on any atom is -1.00 e. The number of carboxylic acid groups (broad SMARTS) is 1. The summed E-state index contributed by atoms with van der Waals surface area (Å²) in [4.78, 5) is 22.1. The summed E-state index contributed by atoms with van der Waals surface area (Å²) in [5, 5.41) is 12.5. The fraction of sp³-hybridized carbons (Fsp3) is 0.125. The summed E-state index contributed by atoms with van der Waals surface area (Å²) >= 11 is 12.2. The molecule has 0 heterocycles. The van der Waals surface area contributed by atoms with E-state index in [0.717, 1.165) is 0 Å². The molecule has 0 aromatic heterocycles. The molecule has 0 amide bonds. The van der Waals surface area contributed by atoms with Crippen LogP contribution in [0.1, 0.15) is 6.99 Å². The molecule has 8 heteroatoms. The number of hydrogen-bond donors (Lipinski definition) is 2. The van der Waals surface area contributed by atoms with Gasteiger partial charge in [0.05, 0.1) is 22.2 Å². The van der Waals surface area contributed by atoms with Crippen LogP contribution in [0.2, 0.25) is 10.0 Å². The van der Waals surface area contributed by atoms with Gasteiger partial charge in [-0.25, -0.2) is 4.79 Å². The molecule has 5 nitrogen and oxygen atoms in total. The van der Waals surface area contributed by atoms with Crippen molar-refractivity contribution in [1.82, 2.24) is 0 Å². The molecule has 0 saturated carbocycles. The number of nitrogens with one attached hydrogen (secondary N) is 1. The Morgan fingerprint density at radius 3 is 2.33 bits per heavy atom. The van der Waals surface area contributed by atoms with E-state index in [9.17, 15) is 9.59 Å². The summed E-state index contributed by atoms with van der Waals surface area (Å²) in [5.41, 5.74) is 1.80. The van der Waals surface area contributed by atoms with E-state index in [-0.39, 0.29) is 59.2 Å². The fourth-order valence-electron chi connectivity index (χ4n) is 1.90. The van der Waals surface area contributed by atoms with Gasteiger partial charge in [0.2, 0.25) is 0 Å². The molecule has 0 spiro atoms. The molecular formula is C16H14Cl2KNO4. The third-order valence-corrected chi connectivity index (χ3v) is 3.56. The third kappa shape index (κ3) is 6.36. The van der Waals surface area contributed by atoms with Gasteiger partial charge in [-0.15, -0.1) is 0 Å². The molecule has 0 unspecified atom stereocenters. The van der Waals surface area contributed by atoms with Crippen molar-refractivity contribution < 1.29 is 72.2 Å². The Morgan fingerprint density at radius 1 is 1.08 bits per heavy atom. The maximum absolute atomic E-state index is 11.7. The number of carbonyl (C=O) groups is 2. The van der Waals surface area contributed by atoms with Gasteiger partial charge in [-0.1, -0.05) is 47.5 Å². The second-order valence-electron chi connectivity index (χ2n) is 4.61. The van der Waals surface area contributed by atoms with Crippen molar-refractivity contribution in [1.29, 1.82) is 0 Å². The van der Waals surface area contributed by atoms with E-state index < -0.39 is 18.5 Å². The molecule has 0 atom stereocenters. The van der Waals surface area contributed by atoms with Crippen molar-refractivity contribution in [3.8, 4) is 0 Å². The molecule has 2 rings (SSSR count). The van der Waals surface area contributed by atoms with Gasteiger partial charge >= 0.3 is 63.3 Å². The van der Waals surface area contributed by atoms with Gasteiger partial charge in [0.25, 0.3) is 0 Å². The molecule has 0 aliphatic carbocycles. The third-order valence-electron chi connectivity index (χ3n) is 2.93. The summed E-state index contributed by atoms with van der Waals surface area (Å²) in [6, 6.07) is 12.2. The van der Waals surface area contributed by atoms with Crippen molar-refractivity contribution in [3.63, 3.8) is 0 Å². The Hall–Kier alpha value is -0.604. The van der Waals surface area contributed by atoms with Crippen molar-refractivity contribution in [2.45, 2.75) is 6.42 Å². The van der Waals surface area contributed by atoms with Gasteiger partial charge in [-0.05, 0) is 23.8 Å². The maximum Gasteiger partial charge on any atom is 1.00 e. The van der Waals surface area contributed by atoms with Gasteiger partial charge in [-0.3, -0.25) is 4.79 Å². The molecular weight excluding hydrogens is 380 g/mol. The Kier molecular flexibility index (Phi) is 9.29. The Morgan fingerprint density at radius 2 is 1.71 bits per heavy atom. The zero-order valence-corrected chi connectivity index (χ0v) is 17.5. The molecule has 0 radical (unpaired) electrons. The summed E-state index contributed by atoms with van der Waals surface area (Å²) in [6.07, 6.45) is -0.0709. The zero-order chi connectivity index (χ0) is 16.8. The first-order valence-electron chi connectivity index (χ1n) is 6.63. The SMILES string of the molecule is O=C(O)COC(=O)Cc1ccccc1Nc1c(Cl)cccc1Cl.[H-].[K+]. The Balaban J connectivity index is 0.00000288. The van der Waals surface area contributed by atoms with Crippen LogP contribution in [0, 0.1) is 0 Å². The number of rotatable bonds is 6. The van der Waals surface area contributed by atoms with Crippen molar-refractivity contribution in [2.75, 3.05) is 11.9 Å². The monoisotopic (exact) mass is 393 g/mol. The number of para-hydroxylation sites is 2. The number of ether oxygens (including phenoxy) is 1. The summed E-state index contributed by atoms with van der Waals surface area (Å²) in [5.74, 6) is -1.83. The minimum absolute atomic E-state index is 0. The molecule has 0 fully saturated rings. The van der Waals surface area contributed by atoms with Crippen molar-refractivity contribution in [3.05, 3.63) is 58.1 Å². The average Bonchev–Trinajstić information content (AvgIpc) is 2.50. The molecule has 2 N–H and O–H groups in total. The summed E-state index contributed by atoms with van der Waals surface area (Å²) < 4.78 is 4.64. The molecule has 24 heavy (non-hydrogen) atoms. The molecule has 0 saturated heterocycles. The van der Waals surface area contributed by atoms with Crippen molar-refractivity contribution >= 4 is 46.5 Å². The smallest absolute Gasteiger partial charge is 1.00 e. The molecule has 0 aliphatic heterocycles. The van der Waals surface area contributed by atoms with Gasteiger partial charge in [-0.2, -0.15) is 0 Å². The average molecular weight is 394 g/mol. The second kappa shape index (κ2) is 10.4. The molecule has 0 bridgehead atoms. The summed E-state index contributed by atoms with van der Waals surface area (Å²) in [6.45, 7) is -0.662. The van der Waals surface area contributed by atoms with Crippen molar-refractivity contribution in [2.24, 2.45) is 0 Å². The number of carboxylic acids is 1. The van der Waals surface area contributed by atoms with Crippen LogP contribution in [0.25, 0.3) is 0 Å². The van der Waals surface area contributed by atoms with Gasteiger partial charge < -0.3 is 16.6 Å². The van der Waals surface area contributed by atoms with Crippen LogP contribution >= 0.6 is 23.2 Å². The first-order chi connectivity index (χ1) is 11.0. The zero-order valence-electron chi connectivity index (χ0n) is 13.9. The predicted molar refractivity (Wildman–Crippen MR) is 89.6 cm³/mol.